The van der Waals surface area contributed by atoms with Gasteiger partial charge in [0.05, 0.1) is 10.9 Å². The molecule has 0 radical (unpaired) electrons. The molecular formula is C12H14Cl2N2O3S2. The molecule has 4 heterocycles. The molecule has 3 fully saturated rings. The molecule has 3 aliphatic rings. The van der Waals surface area contributed by atoms with E-state index in [4.69, 9.17) is 23.2 Å². The maximum absolute atomic E-state index is 12.7. The first-order valence-corrected chi connectivity index (χ1v) is 9.53. The molecule has 2 atom stereocenters. The summed E-state index contributed by atoms with van der Waals surface area (Å²) in [4.78, 5) is 13.8. The van der Waals surface area contributed by atoms with Gasteiger partial charge in [0.2, 0.25) is 5.91 Å². The molecule has 1 aromatic rings. The van der Waals surface area contributed by atoms with E-state index in [-0.39, 0.29) is 38.0 Å². The van der Waals surface area contributed by atoms with E-state index in [2.05, 4.69) is 0 Å². The molecule has 0 N–H and O–H groups in total. The molecule has 0 aliphatic carbocycles. The average Bonchev–Trinajstić information content (AvgIpc) is 2.64. The molecular weight excluding hydrogens is 355 g/mol. The molecule has 2 bridgehead atoms. The maximum atomic E-state index is 12.7. The largest absolute Gasteiger partial charge is 0.341 e. The molecule has 1 amide bonds. The summed E-state index contributed by atoms with van der Waals surface area (Å²) in [6.45, 7) is 0.559. The van der Waals surface area contributed by atoms with E-state index in [9.17, 15) is 13.2 Å². The third-order valence-electron chi connectivity index (χ3n) is 4.15. The van der Waals surface area contributed by atoms with Crippen LogP contribution in [-0.2, 0) is 14.8 Å². The number of thiophene rings is 1. The van der Waals surface area contributed by atoms with Gasteiger partial charge in [0.15, 0.2) is 0 Å². The van der Waals surface area contributed by atoms with Crippen molar-refractivity contribution in [3.63, 3.8) is 0 Å². The quantitative estimate of drug-likeness (QED) is 0.804. The van der Waals surface area contributed by atoms with Crippen LogP contribution in [0.2, 0.25) is 9.36 Å². The highest BCUT2D eigenvalue weighted by molar-refractivity contribution is 7.91. The maximum Gasteiger partial charge on any atom is 0.252 e. The first-order valence-electron chi connectivity index (χ1n) is 6.52. The zero-order chi connectivity index (χ0) is 15.4. The minimum Gasteiger partial charge on any atom is -0.341 e. The van der Waals surface area contributed by atoms with Gasteiger partial charge in [-0.15, -0.1) is 11.3 Å². The molecule has 3 saturated heterocycles. The van der Waals surface area contributed by atoms with E-state index in [1.165, 1.54) is 10.4 Å². The fourth-order valence-corrected chi connectivity index (χ4v) is 6.45. The summed E-state index contributed by atoms with van der Waals surface area (Å²) in [6, 6.07) is 1.32. The van der Waals surface area contributed by atoms with E-state index >= 15 is 0 Å². The van der Waals surface area contributed by atoms with Crippen molar-refractivity contribution in [1.82, 2.24) is 9.21 Å². The van der Waals surface area contributed by atoms with Crippen LogP contribution in [0.25, 0.3) is 0 Å². The van der Waals surface area contributed by atoms with Crippen LogP contribution in [0.15, 0.2) is 10.3 Å². The van der Waals surface area contributed by atoms with Crippen LogP contribution >= 0.6 is 34.5 Å². The van der Waals surface area contributed by atoms with E-state index in [0.29, 0.717) is 6.54 Å². The molecule has 4 rings (SSSR count). The molecule has 3 aliphatic heterocycles. The van der Waals surface area contributed by atoms with Gasteiger partial charge in [0, 0.05) is 26.2 Å². The highest BCUT2D eigenvalue weighted by Crippen LogP contribution is 2.37. The molecule has 1 aromatic heterocycles. The van der Waals surface area contributed by atoms with Crippen molar-refractivity contribution in [3.8, 4) is 0 Å². The highest BCUT2D eigenvalue weighted by atomic mass is 35.5. The van der Waals surface area contributed by atoms with Gasteiger partial charge in [0.25, 0.3) is 10.0 Å². The number of rotatable bonds is 2. The van der Waals surface area contributed by atoms with E-state index in [1.54, 1.807) is 11.9 Å². The number of nitrogens with zero attached hydrogens (tertiary/aromatic N) is 2. The molecule has 5 nitrogen and oxygen atoms in total. The summed E-state index contributed by atoms with van der Waals surface area (Å²) >= 11 is 12.7. The fourth-order valence-electron chi connectivity index (χ4n) is 2.89. The van der Waals surface area contributed by atoms with E-state index < -0.39 is 10.0 Å². The normalized spacial score (nSPS) is 27.2. The Morgan fingerprint density at radius 3 is 2.62 bits per heavy atom. The predicted octanol–water partition coefficient (Wildman–Crippen LogP) is 2.30. The van der Waals surface area contributed by atoms with Gasteiger partial charge in [-0.2, -0.15) is 4.31 Å². The Kier molecular flexibility index (Phi) is 3.99. The minimum absolute atomic E-state index is 0.0335. The van der Waals surface area contributed by atoms with Crippen LogP contribution in [0.5, 0.6) is 0 Å². The third kappa shape index (κ3) is 2.59. The molecule has 116 valence electrons. The number of piperidine rings is 1. The number of fused-ring (bicyclic) bond motifs is 4. The van der Waals surface area contributed by atoms with Gasteiger partial charge in [-0.25, -0.2) is 8.42 Å². The van der Waals surface area contributed by atoms with Gasteiger partial charge in [-0.3, -0.25) is 4.79 Å². The Morgan fingerprint density at radius 1 is 1.29 bits per heavy atom. The van der Waals surface area contributed by atoms with Crippen molar-refractivity contribution < 1.29 is 13.2 Å². The predicted molar refractivity (Wildman–Crippen MR) is 82.4 cm³/mol. The van der Waals surface area contributed by atoms with Crippen LogP contribution in [0.1, 0.15) is 12.8 Å². The first kappa shape index (κ1) is 15.6. The van der Waals surface area contributed by atoms with Crippen LogP contribution < -0.4 is 0 Å². The number of carbonyl (C=O) groups excluding carboxylic acids is 1. The molecule has 0 saturated carbocycles. The van der Waals surface area contributed by atoms with Crippen molar-refractivity contribution in [2.45, 2.75) is 23.1 Å². The minimum atomic E-state index is -3.66. The molecule has 21 heavy (non-hydrogen) atoms. The zero-order valence-corrected chi connectivity index (χ0v) is 14.4. The average molecular weight is 369 g/mol. The summed E-state index contributed by atoms with van der Waals surface area (Å²) in [5.41, 5.74) is 0. The van der Waals surface area contributed by atoms with Crippen LogP contribution in [-0.4, -0.2) is 49.7 Å². The monoisotopic (exact) mass is 368 g/mol. The first-order chi connectivity index (χ1) is 9.80. The Bertz CT molecular complexity index is 669. The van der Waals surface area contributed by atoms with Gasteiger partial charge in [-0.05, 0) is 18.9 Å². The number of amides is 1. The highest BCUT2D eigenvalue weighted by Gasteiger charge is 2.43. The standard InChI is InChI=1S/C12H14Cl2N2O3S2/c1-15-8-3-2-7(12(15)17)5-16(6-8)21(18,19)10-4-9(13)11(14)20-10/h4,7-8H,2-3,5-6H2,1H3/t7-,8+/m1/s1. The zero-order valence-electron chi connectivity index (χ0n) is 11.3. The van der Waals surface area contributed by atoms with Crippen LogP contribution in [0.4, 0.5) is 0 Å². The van der Waals surface area contributed by atoms with Crippen molar-refractivity contribution in [3.05, 3.63) is 15.4 Å². The topological polar surface area (TPSA) is 57.7 Å². The number of hydrogen-bond donors (Lipinski definition) is 0. The summed E-state index contributed by atoms with van der Waals surface area (Å²) in [7, 11) is -1.91. The van der Waals surface area contributed by atoms with Crippen molar-refractivity contribution in [2.24, 2.45) is 5.92 Å². The number of sulfonamides is 1. The van der Waals surface area contributed by atoms with Crippen molar-refractivity contribution in [1.29, 1.82) is 0 Å². The second-order valence-corrected chi connectivity index (χ2v) is 9.61. The molecule has 0 unspecified atom stereocenters. The molecule has 0 aromatic carbocycles. The summed E-state index contributed by atoms with van der Waals surface area (Å²) in [5, 5.41) is 0.242. The summed E-state index contributed by atoms with van der Waals surface area (Å²) in [6.07, 6.45) is 1.58. The van der Waals surface area contributed by atoms with E-state index in [0.717, 1.165) is 24.2 Å². The Balaban J connectivity index is 1.95. The van der Waals surface area contributed by atoms with Gasteiger partial charge in [0.1, 0.15) is 8.55 Å². The number of likely N-dealkylation sites (N-methyl/N-ethyl adjacent to an activating group) is 1. The lowest BCUT2D eigenvalue weighted by Crippen LogP contribution is -2.45. The Labute approximate surface area is 137 Å². The van der Waals surface area contributed by atoms with E-state index in [1.807, 2.05) is 0 Å². The lowest BCUT2D eigenvalue weighted by atomic mass is 9.95. The lowest BCUT2D eigenvalue weighted by Gasteiger charge is -2.32. The van der Waals surface area contributed by atoms with Crippen LogP contribution in [0.3, 0.4) is 0 Å². The van der Waals surface area contributed by atoms with Crippen molar-refractivity contribution in [2.75, 3.05) is 20.1 Å². The third-order valence-corrected chi connectivity index (χ3v) is 8.29. The van der Waals surface area contributed by atoms with Gasteiger partial charge >= 0.3 is 0 Å². The van der Waals surface area contributed by atoms with Gasteiger partial charge in [-0.1, -0.05) is 23.2 Å². The fraction of sp³-hybridized carbons (Fsp3) is 0.583. The second kappa shape index (κ2) is 5.38. The Morgan fingerprint density at radius 2 is 2.00 bits per heavy atom. The lowest BCUT2D eigenvalue weighted by molar-refractivity contribution is -0.138. The number of hydrogen-bond acceptors (Lipinski definition) is 4. The summed E-state index contributed by atoms with van der Waals surface area (Å²) < 4.78 is 27.3. The number of halogens is 2. The smallest absolute Gasteiger partial charge is 0.252 e. The summed E-state index contributed by atoms with van der Waals surface area (Å²) in [5.74, 6) is -0.222. The second-order valence-electron chi connectivity index (χ2n) is 5.39. The van der Waals surface area contributed by atoms with Crippen molar-refractivity contribution >= 4 is 50.5 Å². The van der Waals surface area contributed by atoms with Gasteiger partial charge < -0.3 is 4.90 Å². The number of carbonyl (C=O) groups is 1. The Hall–Kier alpha value is -0.340. The van der Waals surface area contributed by atoms with Crippen LogP contribution in [0, 0.1) is 5.92 Å². The molecule has 0 spiro atoms. The molecule has 9 heteroatoms. The SMILES string of the molecule is CN1C(=O)[C@@H]2CC[C@H]1CN(S(=O)(=O)c1cc(Cl)c(Cl)s1)C2.